The highest BCUT2D eigenvalue weighted by atomic mass is 32.2. The number of hydrogen-bond donors (Lipinski definition) is 1. The third kappa shape index (κ3) is 4.48. The van der Waals surface area contributed by atoms with Crippen LogP contribution in [0.5, 0.6) is 0 Å². The number of nitrogens with zero attached hydrogens (tertiary/aromatic N) is 3. The monoisotopic (exact) mass is 390 g/mol. The Kier molecular flexibility index (Phi) is 5.79. The largest absolute Gasteiger partial charge is 0.379 e. The summed E-state index contributed by atoms with van der Waals surface area (Å²) in [5, 5.41) is 15.1. The molecule has 10 heteroatoms. The van der Waals surface area contributed by atoms with Gasteiger partial charge in [0.15, 0.2) is 0 Å². The summed E-state index contributed by atoms with van der Waals surface area (Å²) < 4.78 is 32.4. The topological polar surface area (TPSA) is 114 Å². The molecule has 1 N–H and O–H groups in total. The third-order valence-corrected chi connectivity index (χ3v) is 5.90. The van der Waals surface area contributed by atoms with Gasteiger partial charge in [-0.2, -0.15) is 9.41 Å². The van der Waals surface area contributed by atoms with Crippen LogP contribution in [0, 0.1) is 10.1 Å². The Labute approximate surface area is 156 Å². The molecule has 0 unspecified atom stereocenters. The summed E-state index contributed by atoms with van der Waals surface area (Å²) in [6.45, 7) is 0.946. The van der Waals surface area contributed by atoms with E-state index in [1.165, 1.54) is 22.7 Å². The van der Waals surface area contributed by atoms with Gasteiger partial charge in [-0.05, 0) is 11.6 Å². The number of anilines is 1. The van der Waals surface area contributed by atoms with E-state index in [1.807, 2.05) is 30.3 Å². The minimum Gasteiger partial charge on any atom is -0.379 e. The first-order valence-electron chi connectivity index (χ1n) is 8.19. The van der Waals surface area contributed by atoms with E-state index in [0.29, 0.717) is 0 Å². The van der Waals surface area contributed by atoms with Gasteiger partial charge in [-0.15, -0.1) is 0 Å². The number of nitro groups is 1. The molecule has 9 nitrogen and oxygen atoms in total. The predicted octanol–water partition coefficient (Wildman–Crippen LogP) is 2.06. The summed E-state index contributed by atoms with van der Waals surface area (Å²) >= 11 is 0. The molecule has 2 aromatic carbocycles. The first-order valence-corrected chi connectivity index (χ1v) is 9.63. The molecule has 0 aliphatic carbocycles. The number of benzene rings is 2. The molecule has 0 atom stereocenters. The van der Waals surface area contributed by atoms with E-state index in [9.17, 15) is 18.5 Å². The highest BCUT2D eigenvalue weighted by molar-refractivity contribution is 7.89. The summed E-state index contributed by atoms with van der Waals surface area (Å²) in [7, 11) is -3.93. The van der Waals surface area contributed by atoms with Crippen LogP contribution in [0.25, 0.3) is 0 Å². The fourth-order valence-corrected chi connectivity index (χ4v) is 4.14. The van der Waals surface area contributed by atoms with Gasteiger partial charge in [0.05, 0.1) is 30.0 Å². The normalized spacial score (nSPS) is 15.7. The van der Waals surface area contributed by atoms with Gasteiger partial charge in [0.1, 0.15) is 4.90 Å². The van der Waals surface area contributed by atoms with Crippen LogP contribution in [0.4, 0.5) is 11.4 Å². The van der Waals surface area contributed by atoms with Gasteiger partial charge < -0.3 is 4.74 Å². The summed E-state index contributed by atoms with van der Waals surface area (Å²) in [6, 6.07) is 12.9. The van der Waals surface area contributed by atoms with Crippen molar-refractivity contribution in [2.75, 3.05) is 31.7 Å². The van der Waals surface area contributed by atoms with Crippen LogP contribution < -0.4 is 5.43 Å². The van der Waals surface area contributed by atoms with Crippen LogP contribution in [-0.4, -0.2) is 50.2 Å². The Morgan fingerprint density at radius 3 is 2.52 bits per heavy atom. The lowest BCUT2D eigenvalue weighted by Crippen LogP contribution is -2.40. The van der Waals surface area contributed by atoms with Crippen LogP contribution in [-0.2, 0) is 14.8 Å². The van der Waals surface area contributed by atoms with Crippen molar-refractivity contribution >= 4 is 27.6 Å². The maximum absolute atomic E-state index is 13.0. The molecule has 0 amide bonds. The first-order chi connectivity index (χ1) is 13.0. The fraction of sp³-hybridized carbons (Fsp3) is 0.235. The molecule has 1 aliphatic heterocycles. The summed E-state index contributed by atoms with van der Waals surface area (Å²) in [4.78, 5) is 10.3. The summed E-state index contributed by atoms with van der Waals surface area (Å²) in [5.41, 5.74) is 3.37. The smallest absolute Gasteiger partial charge is 0.270 e. The van der Waals surface area contributed by atoms with Gasteiger partial charge >= 0.3 is 0 Å². The number of nitrogens with one attached hydrogen (secondary N) is 1. The van der Waals surface area contributed by atoms with Gasteiger partial charge in [-0.25, -0.2) is 8.42 Å². The Balaban J connectivity index is 1.93. The second-order valence-electron chi connectivity index (χ2n) is 5.73. The lowest BCUT2D eigenvalue weighted by Gasteiger charge is -2.26. The Morgan fingerprint density at radius 1 is 1.15 bits per heavy atom. The Hall–Kier alpha value is -2.82. The molecule has 142 valence electrons. The van der Waals surface area contributed by atoms with E-state index in [4.69, 9.17) is 4.74 Å². The molecule has 1 saturated heterocycles. The van der Waals surface area contributed by atoms with E-state index in [2.05, 4.69) is 10.5 Å². The Morgan fingerprint density at radius 2 is 1.85 bits per heavy atom. The standard InChI is InChI=1S/C17H18N4O5S/c22-21(23)15-6-7-16(19-18-13-14-4-2-1-3-5-14)17(12-15)27(24,25)20-8-10-26-11-9-20/h1-7,12-13,19H,8-11H2/b18-13+. The average molecular weight is 390 g/mol. The molecule has 0 aromatic heterocycles. The summed E-state index contributed by atoms with van der Waals surface area (Å²) in [6.07, 6.45) is 1.53. The number of hydrazone groups is 1. The molecular weight excluding hydrogens is 372 g/mol. The molecule has 2 aromatic rings. The number of hydrogen-bond acceptors (Lipinski definition) is 7. The fourth-order valence-electron chi connectivity index (χ4n) is 2.57. The van der Waals surface area contributed by atoms with E-state index >= 15 is 0 Å². The van der Waals surface area contributed by atoms with Crippen molar-refractivity contribution in [2.24, 2.45) is 5.10 Å². The van der Waals surface area contributed by atoms with Gasteiger partial charge in [0.25, 0.3) is 5.69 Å². The number of nitro benzene ring substituents is 1. The highest BCUT2D eigenvalue weighted by Crippen LogP contribution is 2.29. The minimum absolute atomic E-state index is 0.166. The molecule has 0 radical (unpaired) electrons. The zero-order valence-corrected chi connectivity index (χ0v) is 15.1. The molecular formula is C17H18N4O5S. The molecule has 1 aliphatic rings. The molecule has 27 heavy (non-hydrogen) atoms. The second kappa shape index (κ2) is 8.25. The lowest BCUT2D eigenvalue weighted by atomic mass is 10.2. The molecule has 0 saturated carbocycles. The zero-order chi connectivity index (χ0) is 19.3. The third-order valence-electron chi connectivity index (χ3n) is 3.96. The van der Waals surface area contributed by atoms with Crippen molar-refractivity contribution in [3.8, 4) is 0 Å². The van der Waals surface area contributed by atoms with Crippen molar-refractivity contribution in [3.05, 3.63) is 64.2 Å². The molecule has 3 rings (SSSR count). The number of non-ortho nitro benzene ring substituents is 1. The van der Waals surface area contributed by atoms with Gasteiger partial charge in [0, 0.05) is 25.2 Å². The number of ether oxygens (including phenoxy) is 1. The maximum Gasteiger partial charge on any atom is 0.270 e. The van der Waals surface area contributed by atoms with Crippen LogP contribution in [0.15, 0.2) is 58.5 Å². The van der Waals surface area contributed by atoms with E-state index in [0.717, 1.165) is 11.6 Å². The number of rotatable bonds is 6. The molecule has 0 spiro atoms. The van der Waals surface area contributed by atoms with Gasteiger partial charge in [-0.3, -0.25) is 15.5 Å². The molecule has 0 bridgehead atoms. The SMILES string of the molecule is O=[N+]([O-])c1ccc(N/N=C/c2ccccc2)c(S(=O)(=O)N2CCOCC2)c1. The van der Waals surface area contributed by atoms with Crippen LogP contribution in [0.3, 0.4) is 0 Å². The van der Waals surface area contributed by atoms with E-state index < -0.39 is 14.9 Å². The highest BCUT2D eigenvalue weighted by Gasteiger charge is 2.30. The van der Waals surface area contributed by atoms with Crippen LogP contribution in [0.1, 0.15) is 5.56 Å². The average Bonchev–Trinajstić information content (AvgIpc) is 2.69. The van der Waals surface area contributed by atoms with Crippen molar-refractivity contribution < 1.29 is 18.1 Å². The number of sulfonamides is 1. The van der Waals surface area contributed by atoms with Crippen LogP contribution in [0.2, 0.25) is 0 Å². The second-order valence-corrected chi connectivity index (χ2v) is 7.64. The van der Waals surface area contributed by atoms with E-state index in [1.54, 1.807) is 0 Å². The maximum atomic E-state index is 13.0. The minimum atomic E-state index is -3.93. The number of morpholine rings is 1. The van der Waals surface area contributed by atoms with Gasteiger partial charge in [0.2, 0.25) is 10.0 Å². The lowest BCUT2D eigenvalue weighted by molar-refractivity contribution is -0.385. The molecule has 1 fully saturated rings. The van der Waals surface area contributed by atoms with Crippen LogP contribution >= 0.6 is 0 Å². The quantitative estimate of drug-likeness (QED) is 0.459. The van der Waals surface area contributed by atoms with Crippen molar-refractivity contribution in [3.63, 3.8) is 0 Å². The molecule has 1 heterocycles. The Bertz CT molecular complexity index is 941. The zero-order valence-electron chi connectivity index (χ0n) is 14.3. The van der Waals surface area contributed by atoms with Crippen molar-refractivity contribution in [1.29, 1.82) is 0 Å². The summed E-state index contributed by atoms with van der Waals surface area (Å²) in [5.74, 6) is 0. The van der Waals surface area contributed by atoms with E-state index in [-0.39, 0.29) is 42.6 Å². The first kappa shape index (κ1) is 19.0. The van der Waals surface area contributed by atoms with Gasteiger partial charge in [-0.1, -0.05) is 30.3 Å². The van der Waals surface area contributed by atoms with Crippen molar-refractivity contribution in [2.45, 2.75) is 4.90 Å². The van der Waals surface area contributed by atoms with Crippen molar-refractivity contribution in [1.82, 2.24) is 4.31 Å². The predicted molar refractivity (Wildman–Crippen MR) is 100 cm³/mol.